The average molecular weight is 531 g/mol. The second kappa shape index (κ2) is 9.94. The molecule has 3 aliphatic rings. The van der Waals surface area contributed by atoms with Gasteiger partial charge in [0, 0.05) is 36.1 Å². The van der Waals surface area contributed by atoms with Crippen LogP contribution in [0.4, 0.5) is 17.4 Å². The molecule has 0 radical (unpaired) electrons. The molecule has 198 valence electrons. The Morgan fingerprint density at radius 1 is 1.02 bits per heavy atom. The van der Waals surface area contributed by atoms with Gasteiger partial charge < -0.3 is 24.7 Å². The molecule has 5 heterocycles. The predicted octanol–water partition coefficient (Wildman–Crippen LogP) is 4.59. The number of benzodiazepines with no additional fused rings is 1. The first kappa shape index (κ1) is 24.1. The molecule has 2 fully saturated rings. The summed E-state index contributed by atoms with van der Waals surface area (Å²) in [6, 6.07) is 22.2. The van der Waals surface area contributed by atoms with Crippen LogP contribution in [-0.4, -0.2) is 52.4 Å². The fourth-order valence-corrected chi connectivity index (χ4v) is 5.49. The lowest BCUT2D eigenvalue weighted by Crippen LogP contribution is -2.43. The molecule has 2 unspecified atom stereocenters. The van der Waals surface area contributed by atoms with E-state index in [1.807, 2.05) is 60.7 Å². The number of para-hydroxylation sites is 1. The summed E-state index contributed by atoms with van der Waals surface area (Å²) in [6.07, 6.45) is 3.35. The number of fused-ring (bicyclic) bond motifs is 3. The van der Waals surface area contributed by atoms with Crippen LogP contribution in [0, 0.1) is 11.3 Å². The molecule has 4 aromatic rings. The van der Waals surface area contributed by atoms with Gasteiger partial charge in [0.05, 0.1) is 34.9 Å². The van der Waals surface area contributed by atoms with Gasteiger partial charge in [-0.05, 0) is 25.0 Å². The molecule has 3 aliphatic heterocycles. The molecule has 40 heavy (non-hydrogen) atoms. The minimum Gasteiger partial charge on any atom is -0.402 e. The zero-order valence-electron chi connectivity index (χ0n) is 21.6. The minimum atomic E-state index is -0.584. The highest BCUT2D eigenvalue weighted by Gasteiger charge is 2.35. The second-order valence-electron chi connectivity index (χ2n) is 10.1. The van der Waals surface area contributed by atoms with Crippen molar-refractivity contribution in [1.82, 2.24) is 15.2 Å². The molecule has 0 amide bonds. The SMILES string of the molecule is C=C1Nc2ccccc2C(c2ccccc2)=N[C@@H]1Nc1nnc(-c2ncc(C#N)cc2N2CC3CCC(C2)O3)o1. The molecule has 10 nitrogen and oxygen atoms in total. The van der Waals surface area contributed by atoms with Gasteiger partial charge >= 0.3 is 6.01 Å². The van der Waals surface area contributed by atoms with E-state index in [0.29, 0.717) is 17.0 Å². The first-order valence-corrected chi connectivity index (χ1v) is 13.2. The van der Waals surface area contributed by atoms with Crippen molar-refractivity contribution in [1.29, 1.82) is 5.26 Å². The Hall–Kier alpha value is -5.01. The van der Waals surface area contributed by atoms with Gasteiger partial charge in [0.25, 0.3) is 5.89 Å². The number of nitriles is 1. The molecule has 0 saturated carbocycles. The summed E-state index contributed by atoms with van der Waals surface area (Å²) in [5, 5.41) is 24.7. The van der Waals surface area contributed by atoms with Crippen LogP contribution >= 0.6 is 0 Å². The van der Waals surface area contributed by atoms with Crippen molar-refractivity contribution in [2.45, 2.75) is 31.2 Å². The summed E-state index contributed by atoms with van der Waals surface area (Å²) in [5.74, 6) is 0.253. The molecular formula is C30H26N8O2. The van der Waals surface area contributed by atoms with E-state index in [1.54, 1.807) is 0 Å². The van der Waals surface area contributed by atoms with E-state index < -0.39 is 6.17 Å². The van der Waals surface area contributed by atoms with Gasteiger partial charge in [0.15, 0.2) is 11.9 Å². The molecule has 7 rings (SSSR count). The normalized spacial score (nSPS) is 21.6. The highest BCUT2D eigenvalue weighted by molar-refractivity contribution is 6.16. The van der Waals surface area contributed by atoms with Crippen molar-refractivity contribution in [2.75, 3.05) is 28.6 Å². The summed E-state index contributed by atoms with van der Waals surface area (Å²) in [7, 11) is 0. The van der Waals surface area contributed by atoms with Gasteiger partial charge in [-0.2, -0.15) is 5.26 Å². The van der Waals surface area contributed by atoms with Crippen LogP contribution in [0.1, 0.15) is 29.5 Å². The summed E-state index contributed by atoms with van der Waals surface area (Å²) in [6.45, 7) is 5.68. The zero-order chi connectivity index (χ0) is 27.1. The number of hydrogen-bond acceptors (Lipinski definition) is 10. The quantitative estimate of drug-likeness (QED) is 0.381. The van der Waals surface area contributed by atoms with Gasteiger partial charge in [-0.1, -0.05) is 60.2 Å². The van der Waals surface area contributed by atoms with E-state index in [0.717, 1.165) is 54.1 Å². The molecular weight excluding hydrogens is 504 g/mol. The number of nitrogens with one attached hydrogen (secondary N) is 2. The maximum atomic E-state index is 9.52. The highest BCUT2D eigenvalue weighted by Crippen LogP contribution is 2.35. The number of nitrogens with zero attached hydrogens (tertiary/aromatic N) is 6. The fraction of sp³-hybridized carbons (Fsp3) is 0.233. The van der Waals surface area contributed by atoms with E-state index in [1.165, 1.54) is 6.20 Å². The van der Waals surface area contributed by atoms with Gasteiger partial charge in [-0.3, -0.25) is 4.99 Å². The third-order valence-corrected chi connectivity index (χ3v) is 7.38. The summed E-state index contributed by atoms with van der Waals surface area (Å²) in [4.78, 5) is 11.8. The molecule has 2 N–H and O–H groups in total. The summed E-state index contributed by atoms with van der Waals surface area (Å²) >= 11 is 0. The third-order valence-electron chi connectivity index (χ3n) is 7.38. The lowest BCUT2D eigenvalue weighted by molar-refractivity contribution is 0.0305. The van der Waals surface area contributed by atoms with E-state index >= 15 is 0 Å². The number of aromatic nitrogens is 3. The van der Waals surface area contributed by atoms with Crippen LogP contribution in [0.15, 0.2) is 88.5 Å². The summed E-state index contributed by atoms with van der Waals surface area (Å²) < 4.78 is 12.1. The first-order chi connectivity index (χ1) is 19.6. The van der Waals surface area contributed by atoms with Crippen molar-refractivity contribution >= 4 is 23.1 Å². The first-order valence-electron chi connectivity index (χ1n) is 13.2. The van der Waals surface area contributed by atoms with E-state index in [9.17, 15) is 5.26 Å². The van der Waals surface area contributed by atoms with Crippen molar-refractivity contribution < 1.29 is 9.15 Å². The Morgan fingerprint density at radius 2 is 1.80 bits per heavy atom. The van der Waals surface area contributed by atoms with E-state index in [-0.39, 0.29) is 24.1 Å². The van der Waals surface area contributed by atoms with Gasteiger partial charge in [0.1, 0.15) is 6.07 Å². The minimum absolute atomic E-state index is 0.173. The van der Waals surface area contributed by atoms with Gasteiger partial charge in [-0.15, -0.1) is 5.10 Å². The third kappa shape index (κ3) is 4.46. The molecule has 2 aromatic heterocycles. The Morgan fingerprint density at radius 3 is 2.60 bits per heavy atom. The zero-order valence-corrected chi connectivity index (χ0v) is 21.6. The van der Waals surface area contributed by atoms with Gasteiger partial charge in [-0.25, -0.2) is 4.98 Å². The lowest BCUT2D eigenvalue weighted by Gasteiger charge is -2.34. The Kier molecular flexibility index (Phi) is 5.98. The van der Waals surface area contributed by atoms with Crippen LogP contribution in [0.25, 0.3) is 11.6 Å². The van der Waals surface area contributed by atoms with Crippen LogP contribution in [0.3, 0.4) is 0 Å². The number of anilines is 3. The Balaban J connectivity index is 1.21. The number of hydrogen-bond donors (Lipinski definition) is 2. The van der Waals surface area contributed by atoms with Gasteiger partial charge in [0.2, 0.25) is 0 Å². The lowest BCUT2D eigenvalue weighted by atomic mass is 10.0. The van der Waals surface area contributed by atoms with Crippen molar-refractivity contribution in [2.24, 2.45) is 4.99 Å². The van der Waals surface area contributed by atoms with Crippen LogP contribution in [0.5, 0.6) is 0 Å². The van der Waals surface area contributed by atoms with Crippen molar-refractivity contribution in [3.63, 3.8) is 0 Å². The second-order valence-corrected chi connectivity index (χ2v) is 10.1. The number of pyridine rings is 1. The molecule has 2 aromatic carbocycles. The molecule has 2 saturated heterocycles. The standard InChI is InChI=1S/C30H26N8O2/c1-18-28(34-26(20-7-3-2-4-8-20)23-9-5-6-10-24(23)33-18)35-30-37-36-29(40-30)27-25(13-19(14-31)15-32-27)38-16-21-11-12-22(17-38)39-21/h2-10,13,15,21-22,28,33H,1,11-12,16-17H2,(H,35,37)/t21?,22?,28-/m1/s1. The Labute approximate surface area is 231 Å². The monoisotopic (exact) mass is 530 g/mol. The predicted molar refractivity (Wildman–Crippen MR) is 151 cm³/mol. The molecule has 0 spiro atoms. The van der Waals surface area contributed by atoms with Crippen LogP contribution in [-0.2, 0) is 4.74 Å². The largest absolute Gasteiger partial charge is 0.402 e. The highest BCUT2D eigenvalue weighted by atomic mass is 16.5. The number of aliphatic imine (C=N–C) groups is 1. The molecule has 2 bridgehead atoms. The maximum Gasteiger partial charge on any atom is 0.317 e. The maximum absolute atomic E-state index is 9.52. The number of morpholine rings is 1. The number of rotatable bonds is 5. The van der Waals surface area contributed by atoms with E-state index in [2.05, 4.69) is 43.4 Å². The summed E-state index contributed by atoms with van der Waals surface area (Å²) in [5.41, 5.74) is 6.10. The smallest absolute Gasteiger partial charge is 0.317 e. The van der Waals surface area contributed by atoms with E-state index in [4.69, 9.17) is 14.1 Å². The average Bonchev–Trinajstić information content (AvgIpc) is 3.56. The van der Waals surface area contributed by atoms with Crippen molar-refractivity contribution in [3.05, 3.63) is 95.8 Å². The molecule has 10 heteroatoms. The van der Waals surface area contributed by atoms with Crippen LogP contribution in [0.2, 0.25) is 0 Å². The topological polar surface area (TPSA) is 124 Å². The fourth-order valence-electron chi connectivity index (χ4n) is 5.49. The molecule has 0 aliphatic carbocycles. The number of ether oxygens (including phenoxy) is 1. The van der Waals surface area contributed by atoms with Crippen molar-refractivity contribution in [3.8, 4) is 17.7 Å². The molecule has 3 atom stereocenters. The Bertz CT molecular complexity index is 1650. The number of benzene rings is 2. The van der Waals surface area contributed by atoms with Crippen LogP contribution < -0.4 is 15.5 Å².